The molecule has 6 aliphatic heterocycles. The highest BCUT2D eigenvalue weighted by Crippen LogP contribution is 2.00. The summed E-state index contributed by atoms with van der Waals surface area (Å²) in [6, 6.07) is 0. The maximum Gasteiger partial charge on any atom is 0.0466 e. The third-order valence-electron chi connectivity index (χ3n) is 4.96. The second kappa shape index (κ2) is 25.0. The molecule has 0 aromatic carbocycles. The molecule has 0 radical (unpaired) electrons. The Balaban J connectivity index is 0.000000180. The van der Waals surface area contributed by atoms with Crippen LogP contribution in [0.3, 0.4) is 0 Å². The molecule has 30 heavy (non-hydrogen) atoms. The van der Waals surface area contributed by atoms with Gasteiger partial charge in [-0.2, -0.15) is 0 Å². The average molecular weight is 433 g/mol. The van der Waals surface area contributed by atoms with Gasteiger partial charge in [-0.1, -0.05) is 0 Å². The van der Waals surface area contributed by atoms with Gasteiger partial charge in [0.05, 0.1) is 0 Å². The first kappa shape index (κ1) is 27.8. The molecule has 0 aromatic rings. The van der Waals surface area contributed by atoms with Crippen molar-refractivity contribution in [3.63, 3.8) is 0 Å². The molecule has 6 nitrogen and oxygen atoms in total. The van der Waals surface area contributed by atoms with Crippen molar-refractivity contribution >= 4 is 0 Å². The normalized spacial score (nSPS) is 24.0. The Morgan fingerprint density at radius 2 is 0.267 bits per heavy atom. The topological polar surface area (TPSA) is 55.4 Å². The predicted octanol–water partition coefficient (Wildman–Crippen LogP) is 4.78. The van der Waals surface area contributed by atoms with E-state index < -0.39 is 0 Å². The lowest BCUT2D eigenvalue weighted by atomic mass is 10.4. The second-order valence-electron chi connectivity index (χ2n) is 7.92. The lowest BCUT2D eigenvalue weighted by Crippen LogP contribution is -1.74. The molecule has 0 aromatic heterocycles. The van der Waals surface area contributed by atoms with Crippen LogP contribution >= 0.6 is 0 Å². The summed E-state index contributed by atoms with van der Waals surface area (Å²) in [5, 5.41) is 0. The predicted molar refractivity (Wildman–Crippen MR) is 120 cm³/mol. The van der Waals surface area contributed by atoms with Crippen molar-refractivity contribution in [3.8, 4) is 0 Å². The largest absolute Gasteiger partial charge is 0.381 e. The smallest absolute Gasteiger partial charge is 0.0466 e. The Hall–Kier alpha value is -0.240. The fourth-order valence-corrected chi connectivity index (χ4v) is 3.06. The molecule has 0 bridgehead atoms. The molecule has 0 unspecified atom stereocenters. The van der Waals surface area contributed by atoms with Crippen LogP contribution in [0.4, 0.5) is 0 Å². The van der Waals surface area contributed by atoms with Crippen molar-refractivity contribution in [2.45, 2.75) is 77.0 Å². The minimum atomic E-state index is 1.00. The second-order valence-corrected chi connectivity index (χ2v) is 7.92. The van der Waals surface area contributed by atoms with E-state index in [9.17, 15) is 0 Å². The molecule has 6 aliphatic rings. The number of ether oxygens (including phenoxy) is 6. The van der Waals surface area contributed by atoms with Crippen molar-refractivity contribution in [1.82, 2.24) is 0 Å². The molecule has 0 N–H and O–H groups in total. The van der Waals surface area contributed by atoms with Crippen molar-refractivity contribution in [2.24, 2.45) is 0 Å². The zero-order chi connectivity index (χ0) is 21.2. The fourth-order valence-electron chi connectivity index (χ4n) is 3.06. The van der Waals surface area contributed by atoms with Gasteiger partial charge in [0.15, 0.2) is 0 Å². The van der Waals surface area contributed by atoms with Gasteiger partial charge in [0.2, 0.25) is 0 Å². The standard InChI is InChI=1S/6C4H8O/c6*1-2-4-5-3-1/h6*1-4H2. The van der Waals surface area contributed by atoms with Crippen LogP contribution in [0.25, 0.3) is 0 Å². The molecule has 0 aliphatic carbocycles. The molecule has 0 atom stereocenters. The van der Waals surface area contributed by atoms with Gasteiger partial charge < -0.3 is 28.4 Å². The summed E-state index contributed by atoms with van der Waals surface area (Å²) < 4.78 is 29.7. The first-order chi connectivity index (χ1) is 15.0. The van der Waals surface area contributed by atoms with E-state index in [-0.39, 0.29) is 0 Å². The lowest BCUT2D eigenvalue weighted by molar-refractivity contribution is 0.198. The molecule has 6 heteroatoms. The molecule has 0 saturated carbocycles. The summed E-state index contributed by atoms with van der Waals surface area (Å²) in [4.78, 5) is 0. The lowest BCUT2D eigenvalue weighted by Gasteiger charge is -1.76. The van der Waals surface area contributed by atoms with Gasteiger partial charge in [0, 0.05) is 79.3 Å². The van der Waals surface area contributed by atoms with E-state index in [1.807, 2.05) is 0 Å². The Morgan fingerprint density at radius 3 is 0.300 bits per heavy atom. The highest BCUT2D eigenvalue weighted by Gasteiger charge is 1.97. The molecular weight excluding hydrogens is 384 g/mol. The monoisotopic (exact) mass is 432 g/mol. The molecule has 6 rings (SSSR count). The molecule has 6 fully saturated rings. The Bertz CT molecular complexity index is 169. The van der Waals surface area contributed by atoms with E-state index in [0.29, 0.717) is 0 Å². The molecule has 0 spiro atoms. The maximum absolute atomic E-state index is 4.94. The Labute approximate surface area is 185 Å². The van der Waals surface area contributed by atoms with E-state index in [4.69, 9.17) is 28.4 Å². The summed E-state index contributed by atoms with van der Waals surface area (Å²) >= 11 is 0. The maximum atomic E-state index is 4.94. The van der Waals surface area contributed by atoms with E-state index in [1.54, 1.807) is 0 Å². The molecule has 6 heterocycles. The van der Waals surface area contributed by atoms with Gasteiger partial charge in [-0.05, 0) is 77.0 Å². The average Bonchev–Trinajstić information content (AvgIpc) is 3.69. The summed E-state index contributed by atoms with van der Waals surface area (Å²) in [5.41, 5.74) is 0. The Kier molecular flexibility index (Phi) is 23.2. The summed E-state index contributed by atoms with van der Waals surface area (Å²) in [6.07, 6.45) is 15.3. The van der Waals surface area contributed by atoms with Crippen LogP contribution in [-0.4, -0.2) is 79.3 Å². The van der Waals surface area contributed by atoms with Gasteiger partial charge in [0.1, 0.15) is 0 Å². The highest BCUT2D eigenvalue weighted by atomic mass is 16.5. The number of hydrogen-bond donors (Lipinski definition) is 0. The van der Waals surface area contributed by atoms with Gasteiger partial charge in [-0.3, -0.25) is 0 Å². The van der Waals surface area contributed by atoms with Crippen LogP contribution in [0.15, 0.2) is 0 Å². The number of hydrogen-bond acceptors (Lipinski definition) is 6. The zero-order valence-electron chi connectivity index (χ0n) is 19.4. The first-order valence-corrected chi connectivity index (χ1v) is 12.5. The molecule has 180 valence electrons. The van der Waals surface area contributed by atoms with Gasteiger partial charge in [-0.25, -0.2) is 0 Å². The van der Waals surface area contributed by atoms with Crippen LogP contribution in [0.1, 0.15) is 77.0 Å². The minimum Gasteiger partial charge on any atom is -0.381 e. The third-order valence-corrected chi connectivity index (χ3v) is 4.96. The van der Waals surface area contributed by atoms with E-state index in [0.717, 1.165) is 79.3 Å². The fraction of sp³-hybridized carbons (Fsp3) is 1.00. The number of rotatable bonds is 0. The van der Waals surface area contributed by atoms with E-state index in [2.05, 4.69) is 0 Å². The quantitative estimate of drug-likeness (QED) is 0.549. The molecular formula is C24H48O6. The zero-order valence-corrected chi connectivity index (χ0v) is 19.4. The summed E-state index contributed by atoms with van der Waals surface area (Å²) in [6.45, 7) is 12.0. The molecule has 0 amide bonds. The van der Waals surface area contributed by atoms with Gasteiger partial charge >= 0.3 is 0 Å². The third kappa shape index (κ3) is 22.4. The first-order valence-electron chi connectivity index (χ1n) is 12.5. The summed E-state index contributed by atoms with van der Waals surface area (Å²) in [7, 11) is 0. The van der Waals surface area contributed by atoms with Crippen molar-refractivity contribution < 1.29 is 28.4 Å². The SMILES string of the molecule is C1CCOC1.C1CCOC1.C1CCOC1.C1CCOC1.C1CCOC1.C1CCOC1. The van der Waals surface area contributed by atoms with E-state index >= 15 is 0 Å². The van der Waals surface area contributed by atoms with Crippen LogP contribution in [-0.2, 0) is 28.4 Å². The van der Waals surface area contributed by atoms with Crippen molar-refractivity contribution in [2.75, 3.05) is 79.3 Å². The van der Waals surface area contributed by atoms with Crippen LogP contribution in [0.2, 0.25) is 0 Å². The van der Waals surface area contributed by atoms with Crippen molar-refractivity contribution in [3.05, 3.63) is 0 Å². The minimum absolute atomic E-state index is 1.00. The van der Waals surface area contributed by atoms with Gasteiger partial charge in [0.25, 0.3) is 0 Å². The van der Waals surface area contributed by atoms with Crippen LogP contribution < -0.4 is 0 Å². The van der Waals surface area contributed by atoms with Crippen LogP contribution in [0.5, 0.6) is 0 Å². The Morgan fingerprint density at radius 1 is 0.167 bits per heavy atom. The van der Waals surface area contributed by atoms with Crippen LogP contribution in [0, 0.1) is 0 Å². The van der Waals surface area contributed by atoms with Crippen molar-refractivity contribution in [1.29, 1.82) is 0 Å². The highest BCUT2D eigenvalue weighted by molar-refractivity contribution is 4.46. The molecule has 6 saturated heterocycles. The van der Waals surface area contributed by atoms with E-state index in [1.165, 1.54) is 77.0 Å². The van der Waals surface area contributed by atoms with Gasteiger partial charge in [-0.15, -0.1) is 0 Å². The summed E-state index contributed by atoms with van der Waals surface area (Å²) in [5.74, 6) is 0.